The van der Waals surface area contributed by atoms with Crippen LogP contribution in [0.3, 0.4) is 0 Å². The average Bonchev–Trinajstić information content (AvgIpc) is 1.96. The van der Waals surface area contributed by atoms with Crippen molar-refractivity contribution in [3.63, 3.8) is 0 Å². The number of hydrogen-bond acceptors (Lipinski definition) is 2. The molecule has 1 aromatic rings. The van der Waals surface area contributed by atoms with Crippen molar-refractivity contribution < 1.29 is 14.8 Å². The van der Waals surface area contributed by atoms with Gasteiger partial charge in [0, 0.05) is 0 Å². The Kier molecular flexibility index (Phi) is 7.84. The molecule has 0 aliphatic rings. The monoisotopic (exact) mass is 270 g/mol. The first-order valence-electron chi connectivity index (χ1n) is 1.89. The fourth-order valence-corrected chi connectivity index (χ4v) is 0.225. The van der Waals surface area contributed by atoms with Crippen LogP contribution in [0.5, 0.6) is 0 Å². The smallest absolute Gasteiger partial charge is 0.0387 e. The molecule has 0 spiro atoms. The van der Waals surface area contributed by atoms with Gasteiger partial charge in [-0.15, -0.1) is 12.4 Å². The van der Waals surface area contributed by atoms with Crippen molar-refractivity contribution in [3.05, 3.63) is 24.8 Å². The predicted molar refractivity (Wildman–Crippen MR) is 34.9 cm³/mol. The van der Waals surface area contributed by atoms with Gasteiger partial charge in [0.2, 0.25) is 0 Å². The van der Waals surface area contributed by atoms with Gasteiger partial charge in [-0.2, -0.15) is 0 Å². The summed E-state index contributed by atoms with van der Waals surface area (Å²) < 4.78 is 0. The second-order valence-electron chi connectivity index (χ2n) is 0.835. The molecule has 0 saturated carbocycles. The summed E-state index contributed by atoms with van der Waals surface area (Å²) in [4.78, 5) is 7.26. The topological polar surface area (TPSA) is 25.8 Å². The molecular weight excluding hydrogens is 268 g/mol. The summed E-state index contributed by atoms with van der Waals surface area (Å²) in [5.74, 6) is 0. The third-order valence-electron chi connectivity index (χ3n) is 0.434. The van der Waals surface area contributed by atoms with E-state index < -0.39 is 0 Å². The van der Waals surface area contributed by atoms with Crippen LogP contribution in [0.1, 0.15) is 0 Å². The number of rotatable bonds is 0. The van der Waals surface area contributed by atoms with Gasteiger partial charge in [-0.3, -0.25) is 0 Å². The van der Waals surface area contributed by atoms with E-state index >= 15 is 0 Å². The zero-order valence-electron chi connectivity index (χ0n) is 4.21. The Morgan fingerprint density at radius 2 is 2.12 bits per heavy atom. The SMILES string of the molecule is [Zn+][I].[c-]1cnccn1. The van der Waals surface area contributed by atoms with Gasteiger partial charge < -0.3 is 9.97 Å². The van der Waals surface area contributed by atoms with Gasteiger partial charge in [0.1, 0.15) is 0 Å². The minimum atomic E-state index is 1.34. The number of hydrogen-bond donors (Lipinski definition) is 0. The standard InChI is InChI=1S/C4H3N2.HI.Zn/c1-2-6-4-3-5-1;;/h1-3H;1H;/q-1;;+2/p-1. The van der Waals surface area contributed by atoms with Crippen molar-refractivity contribution in [2.24, 2.45) is 0 Å². The largest absolute Gasteiger partial charge is 0.456 e. The molecule has 0 radical (unpaired) electrons. The van der Waals surface area contributed by atoms with E-state index in [2.05, 4.69) is 35.9 Å². The normalized spacial score (nSPS) is 6.88. The number of nitrogens with zero attached hydrogens (tertiary/aromatic N) is 2. The van der Waals surface area contributed by atoms with E-state index in [1.807, 2.05) is 0 Å². The van der Waals surface area contributed by atoms with Crippen LogP contribution in [-0.2, 0) is 14.8 Å². The molecule has 0 amide bonds. The maximum absolute atomic E-state index is 3.67. The van der Waals surface area contributed by atoms with Crippen LogP contribution in [0.2, 0.25) is 0 Å². The zero-order chi connectivity index (χ0) is 6.24. The van der Waals surface area contributed by atoms with Crippen LogP contribution in [-0.4, -0.2) is 9.97 Å². The summed E-state index contributed by atoms with van der Waals surface area (Å²) in [7, 11) is 0. The first-order chi connectivity index (χ1) is 4.00. The van der Waals surface area contributed by atoms with Crippen molar-refractivity contribution in [1.82, 2.24) is 9.97 Å². The molecule has 4 heteroatoms. The van der Waals surface area contributed by atoms with E-state index in [0.29, 0.717) is 0 Å². The van der Waals surface area contributed by atoms with Gasteiger partial charge in [0.25, 0.3) is 0 Å². The van der Waals surface area contributed by atoms with Crippen molar-refractivity contribution >= 4 is 19.8 Å². The number of aromatic nitrogens is 2. The summed E-state index contributed by atoms with van der Waals surface area (Å²) in [6.07, 6.45) is 7.24. The quantitative estimate of drug-likeness (QED) is 0.402. The number of halogens is 1. The molecule has 8 heavy (non-hydrogen) atoms. The minimum Gasteiger partial charge on any atom is -0.456 e. The summed E-state index contributed by atoms with van der Waals surface area (Å²) >= 11 is 3.62. The molecule has 1 heterocycles. The Balaban J connectivity index is 0.000000222. The third-order valence-corrected chi connectivity index (χ3v) is 0.434. The van der Waals surface area contributed by atoms with E-state index in [-0.39, 0.29) is 0 Å². The van der Waals surface area contributed by atoms with E-state index in [1.165, 1.54) is 21.0 Å². The molecular formula is C4H3IN2Zn. The van der Waals surface area contributed by atoms with E-state index in [0.717, 1.165) is 0 Å². The average molecular weight is 271 g/mol. The minimum absolute atomic E-state index is 1.34. The maximum Gasteiger partial charge on any atom is -0.0387 e. The summed E-state index contributed by atoms with van der Waals surface area (Å²) in [6, 6.07) is 0. The van der Waals surface area contributed by atoms with Crippen LogP contribution in [0, 0.1) is 6.20 Å². The fourth-order valence-electron chi connectivity index (χ4n) is 0.225. The van der Waals surface area contributed by atoms with Gasteiger partial charge in [0.05, 0.1) is 0 Å². The van der Waals surface area contributed by atoms with Gasteiger partial charge in [-0.25, -0.2) is 0 Å². The van der Waals surface area contributed by atoms with E-state index in [1.54, 1.807) is 12.4 Å². The Bertz CT molecular complexity index is 86.0. The Morgan fingerprint density at radius 3 is 2.25 bits per heavy atom. The summed E-state index contributed by atoms with van der Waals surface area (Å²) in [6.45, 7) is 0. The Morgan fingerprint density at radius 1 is 1.38 bits per heavy atom. The molecule has 0 N–H and O–H groups in total. The predicted octanol–water partition coefficient (Wildman–Crippen LogP) is 1.16. The molecule has 2 nitrogen and oxygen atoms in total. The van der Waals surface area contributed by atoms with Crippen LogP contribution in [0.25, 0.3) is 0 Å². The first kappa shape index (κ1) is 8.43. The molecule has 0 bridgehead atoms. The van der Waals surface area contributed by atoms with Gasteiger partial charge >= 0.3 is 34.5 Å². The molecule has 0 saturated heterocycles. The molecule has 1 rings (SSSR count). The van der Waals surface area contributed by atoms with Crippen molar-refractivity contribution in [2.75, 3.05) is 0 Å². The molecule has 0 aromatic carbocycles. The molecule has 0 fully saturated rings. The molecule has 0 atom stereocenters. The van der Waals surface area contributed by atoms with Crippen molar-refractivity contribution in [1.29, 1.82) is 0 Å². The van der Waals surface area contributed by atoms with Gasteiger partial charge in [-0.05, 0) is 12.4 Å². The third kappa shape index (κ3) is 4.59. The van der Waals surface area contributed by atoms with Crippen LogP contribution < -0.4 is 0 Å². The maximum atomic E-state index is 3.67. The Labute approximate surface area is 69.0 Å². The molecule has 0 aliphatic carbocycles. The van der Waals surface area contributed by atoms with Crippen LogP contribution in [0.4, 0.5) is 0 Å². The van der Waals surface area contributed by atoms with Gasteiger partial charge in [-0.1, -0.05) is 0 Å². The first-order valence-corrected chi connectivity index (χ1v) is 10.9. The molecule has 38 valence electrons. The van der Waals surface area contributed by atoms with Crippen molar-refractivity contribution in [2.45, 2.75) is 0 Å². The summed E-state index contributed by atoms with van der Waals surface area (Å²) in [5.41, 5.74) is 0. The molecule has 0 unspecified atom stereocenters. The second kappa shape index (κ2) is 7.43. The van der Waals surface area contributed by atoms with Crippen LogP contribution >= 0.6 is 19.8 Å². The van der Waals surface area contributed by atoms with E-state index in [9.17, 15) is 0 Å². The van der Waals surface area contributed by atoms with Crippen LogP contribution in [0.15, 0.2) is 18.6 Å². The second-order valence-corrected chi connectivity index (χ2v) is 0.835. The van der Waals surface area contributed by atoms with E-state index in [4.69, 9.17) is 0 Å². The van der Waals surface area contributed by atoms with Crippen molar-refractivity contribution in [3.8, 4) is 0 Å². The molecule has 1 aromatic heterocycles. The zero-order valence-corrected chi connectivity index (χ0v) is 9.34. The summed E-state index contributed by atoms with van der Waals surface area (Å²) in [5, 5.41) is 0. The van der Waals surface area contributed by atoms with Gasteiger partial charge in [0.15, 0.2) is 0 Å². The fraction of sp³-hybridized carbons (Fsp3) is 0. The molecule has 0 aliphatic heterocycles. The Hall–Kier alpha value is 0.433.